The molecule has 0 radical (unpaired) electrons. The summed E-state index contributed by atoms with van der Waals surface area (Å²) >= 11 is 0. The van der Waals surface area contributed by atoms with Crippen LogP contribution in [0, 0.1) is 25.5 Å². The molecule has 0 heterocycles. The SMILES string of the molecule is Cc1cc(C)cc(C(Cc2c(F)cccc2F)NN)c1. The molecule has 4 heteroatoms. The lowest BCUT2D eigenvalue weighted by molar-refractivity contribution is 0.499. The summed E-state index contributed by atoms with van der Waals surface area (Å²) in [4.78, 5) is 0. The number of aryl methyl sites for hydroxylation is 2. The number of hydrazine groups is 1. The molecule has 0 saturated heterocycles. The number of benzene rings is 2. The monoisotopic (exact) mass is 276 g/mol. The Bertz CT molecular complexity index is 571. The number of hydrogen-bond acceptors (Lipinski definition) is 2. The fraction of sp³-hybridized carbons (Fsp3) is 0.250. The zero-order chi connectivity index (χ0) is 14.7. The summed E-state index contributed by atoms with van der Waals surface area (Å²) in [6.45, 7) is 3.96. The summed E-state index contributed by atoms with van der Waals surface area (Å²) in [5.74, 6) is 4.46. The summed E-state index contributed by atoms with van der Waals surface area (Å²) < 4.78 is 27.4. The third-order valence-corrected chi connectivity index (χ3v) is 3.32. The zero-order valence-corrected chi connectivity index (χ0v) is 11.6. The summed E-state index contributed by atoms with van der Waals surface area (Å²) in [6.07, 6.45) is 0.165. The van der Waals surface area contributed by atoms with E-state index in [4.69, 9.17) is 5.84 Å². The van der Waals surface area contributed by atoms with Crippen LogP contribution in [0.1, 0.15) is 28.3 Å². The van der Waals surface area contributed by atoms with Gasteiger partial charge in [-0.1, -0.05) is 35.4 Å². The van der Waals surface area contributed by atoms with Gasteiger partial charge >= 0.3 is 0 Å². The Kier molecular flexibility index (Phi) is 4.47. The average Bonchev–Trinajstić information content (AvgIpc) is 2.37. The molecule has 0 bridgehead atoms. The number of halogens is 2. The molecule has 0 aliphatic carbocycles. The molecule has 20 heavy (non-hydrogen) atoms. The van der Waals surface area contributed by atoms with Crippen LogP contribution in [-0.4, -0.2) is 0 Å². The maximum Gasteiger partial charge on any atom is 0.129 e. The van der Waals surface area contributed by atoms with E-state index >= 15 is 0 Å². The van der Waals surface area contributed by atoms with Crippen molar-refractivity contribution in [2.45, 2.75) is 26.3 Å². The molecule has 0 spiro atoms. The first-order chi connectivity index (χ1) is 9.51. The molecule has 0 aliphatic rings. The molecular weight excluding hydrogens is 258 g/mol. The molecular formula is C16H18F2N2. The highest BCUT2D eigenvalue weighted by atomic mass is 19.1. The molecule has 0 aliphatic heterocycles. The molecule has 0 amide bonds. The Balaban J connectivity index is 2.33. The Hall–Kier alpha value is -1.78. The van der Waals surface area contributed by atoms with Gasteiger partial charge in [0, 0.05) is 5.56 Å². The van der Waals surface area contributed by atoms with Crippen molar-refractivity contribution in [2.75, 3.05) is 0 Å². The normalized spacial score (nSPS) is 12.4. The first-order valence-corrected chi connectivity index (χ1v) is 6.48. The van der Waals surface area contributed by atoms with Gasteiger partial charge in [0.2, 0.25) is 0 Å². The lowest BCUT2D eigenvalue weighted by atomic mass is 9.96. The van der Waals surface area contributed by atoms with E-state index in [2.05, 4.69) is 5.43 Å². The first-order valence-electron chi connectivity index (χ1n) is 6.48. The van der Waals surface area contributed by atoms with E-state index in [1.165, 1.54) is 18.2 Å². The van der Waals surface area contributed by atoms with Crippen molar-refractivity contribution in [3.63, 3.8) is 0 Å². The van der Waals surface area contributed by atoms with Crippen LogP contribution < -0.4 is 11.3 Å². The van der Waals surface area contributed by atoms with E-state index in [9.17, 15) is 8.78 Å². The summed E-state index contributed by atoms with van der Waals surface area (Å²) in [6, 6.07) is 9.52. The molecule has 106 valence electrons. The molecule has 1 atom stereocenters. The number of hydrogen-bond donors (Lipinski definition) is 2. The molecule has 2 rings (SSSR count). The molecule has 1 unspecified atom stereocenters. The third kappa shape index (κ3) is 3.21. The fourth-order valence-corrected chi connectivity index (χ4v) is 2.42. The molecule has 3 N–H and O–H groups in total. The minimum absolute atomic E-state index is 0.0506. The van der Waals surface area contributed by atoms with Gasteiger partial charge in [-0.25, -0.2) is 8.78 Å². The van der Waals surface area contributed by atoms with E-state index in [-0.39, 0.29) is 18.0 Å². The maximum atomic E-state index is 13.7. The highest BCUT2D eigenvalue weighted by molar-refractivity contribution is 5.32. The van der Waals surface area contributed by atoms with Gasteiger partial charge in [0.25, 0.3) is 0 Å². The zero-order valence-electron chi connectivity index (χ0n) is 11.6. The summed E-state index contributed by atoms with van der Waals surface area (Å²) in [5, 5.41) is 0. The lowest BCUT2D eigenvalue weighted by Crippen LogP contribution is -2.30. The summed E-state index contributed by atoms with van der Waals surface area (Å²) in [7, 11) is 0. The van der Waals surface area contributed by atoms with Crippen molar-refractivity contribution in [2.24, 2.45) is 5.84 Å². The van der Waals surface area contributed by atoms with Crippen LogP contribution in [0.15, 0.2) is 36.4 Å². The predicted octanol–water partition coefficient (Wildman–Crippen LogP) is 3.33. The van der Waals surface area contributed by atoms with Gasteiger partial charge in [-0.3, -0.25) is 11.3 Å². The standard InChI is InChI=1S/C16H18F2N2/c1-10-6-11(2)8-12(7-10)16(20-19)9-13-14(17)4-3-5-15(13)18/h3-8,16,20H,9,19H2,1-2H3. The Labute approximate surface area is 117 Å². The minimum Gasteiger partial charge on any atom is -0.271 e. The largest absolute Gasteiger partial charge is 0.271 e. The van der Waals surface area contributed by atoms with E-state index in [1.54, 1.807) is 0 Å². The first kappa shape index (κ1) is 14.6. The quantitative estimate of drug-likeness (QED) is 0.664. The second-order valence-corrected chi connectivity index (χ2v) is 5.04. The van der Waals surface area contributed by atoms with Crippen molar-refractivity contribution in [3.05, 3.63) is 70.3 Å². The predicted molar refractivity (Wildman–Crippen MR) is 76.0 cm³/mol. The molecule has 0 aromatic heterocycles. The van der Waals surface area contributed by atoms with Crippen LogP contribution in [-0.2, 0) is 6.42 Å². The van der Waals surface area contributed by atoms with Crippen LogP contribution in [0.2, 0.25) is 0 Å². The van der Waals surface area contributed by atoms with Crippen molar-refractivity contribution in [1.29, 1.82) is 0 Å². The van der Waals surface area contributed by atoms with Crippen LogP contribution in [0.3, 0.4) is 0 Å². The van der Waals surface area contributed by atoms with Gasteiger partial charge in [-0.15, -0.1) is 0 Å². The van der Waals surface area contributed by atoms with Crippen LogP contribution in [0.5, 0.6) is 0 Å². The van der Waals surface area contributed by atoms with Gasteiger partial charge in [0.05, 0.1) is 6.04 Å². The van der Waals surface area contributed by atoms with Gasteiger partial charge in [-0.05, 0) is 38.0 Å². The van der Waals surface area contributed by atoms with Crippen molar-refractivity contribution in [3.8, 4) is 0 Å². The van der Waals surface area contributed by atoms with Gasteiger partial charge in [0.1, 0.15) is 11.6 Å². The van der Waals surface area contributed by atoms with E-state index in [0.29, 0.717) is 0 Å². The lowest BCUT2D eigenvalue weighted by Gasteiger charge is -2.18. The van der Waals surface area contributed by atoms with E-state index in [0.717, 1.165) is 16.7 Å². The van der Waals surface area contributed by atoms with Crippen LogP contribution in [0.25, 0.3) is 0 Å². The Morgan fingerprint density at radius 1 is 1.05 bits per heavy atom. The number of nitrogens with two attached hydrogens (primary N) is 1. The summed E-state index contributed by atoms with van der Waals surface area (Å²) in [5.41, 5.74) is 5.80. The molecule has 0 saturated carbocycles. The smallest absolute Gasteiger partial charge is 0.129 e. The van der Waals surface area contributed by atoms with Crippen LogP contribution in [0.4, 0.5) is 8.78 Å². The second kappa shape index (κ2) is 6.11. The number of rotatable bonds is 4. The van der Waals surface area contributed by atoms with E-state index in [1.807, 2.05) is 32.0 Å². The Morgan fingerprint density at radius 3 is 2.10 bits per heavy atom. The van der Waals surface area contributed by atoms with Crippen molar-refractivity contribution >= 4 is 0 Å². The van der Waals surface area contributed by atoms with Crippen molar-refractivity contribution < 1.29 is 8.78 Å². The highest BCUT2D eigenvalue weighted by Crippen LogP contribution is 2.23. The third-order valence-electron chi connectivity index (χ3n) is 3.32. The maximum absolute atomic E-state index is 13.7. The molecule has 0 fully saturated rings. The molecule has 2 aromatic rings. The van der Waals surface area contributed by atoms with Gasteiger partial charge < -0.3 is 0 Å². The van der Waals surface area contributed by atoms with Gasteiger partial charge in [0.15, 0.2) is 0 Å². The second-order valence-electron chi connectivity index (χ2n) is 5.04. The average molecular weight is 276 g/mol. The van der Waals surface area contributed by atoms with Gasteiger partial charge in [-0.2, -0.15) is 0 Å². The minimum atomic E-state index is -0.547. The molecule has 2 aromatic carbocycles. The topological polar surface area (TPSA) is 38.0 Å². The fourth-order valence-electron chi connectivity index (χ4n) is 2.42. The van der Waals surface area contributed by atoms with Crippen LogP contribution >= 0.6 is 0 Å². The van der Waals surface area contributed by atoms with Crippen molar-refractivity contribution in [1.82, 2.24) is 5.43 Å². The van der Waals surface area contributed by atoms with E-state index < -0.39 is 11.6 Å². The Morgan fingerprint density at radius 2 is 1.60 bits per heavy atom. The molecule has 2 nitrogen and oxygen atoms in total. The highest BCUT2D eigenvalue weighted by Gasteiger charge is 2.17. The number of nitrogens with one attached hydrogen (secondary N) is 1.